The highest BCUT2D eigenvalue weighted by Crippen LogP contribution is 2.24. The second kappa shape index (κ2) is 6.03. The molecule has 1 unspecified atom stereocenters. The molecule has 100 valence electrons. The smallest absolute Gasteiger partial charge is 0.0266 e. The van der Waals surface area contributed by atoms with E-state index in [1.807, 2.05) is 6.92 Å². The summed E-state index contributed by atoms with van der Waals surface area (Å²) in [5.41, 5.74) is 11.1. The number of benzene rings is 2. The average Bonchev–Trinajstić information content (AvgIpc) is 2.38. The zero-order valence-corrected chi connectivity index (χ0v) is 12.1. The first-order chi connectivity index (χ1) is 9.06. The summed E-state index contributed by atoms with van der Waals surface area (Å²) in [5.74, 6) is 0.686. The molecule has 1 nitrogen and oxygen atoms in total. The van der Waals surface area contributed by atoms with Crippen molar-refractivity contribution in [2.24, 2.45) is 11.7 Å². The van der Waals surface area contributed by atoms with Crippen LogP contribution in [0.15, 0.2) is 48.5 Å². The Kier molecular flexibility index (Phi) is 4.39. The third kappa shape index (κ3) is 3.68. The fraction of sp³-hybridized carbons (Fsp3) is 0.333. The quantitative estimate of drug-likeness (QED) is 0.848. The molecule has 0 saturated carbocycles. The molecule has 19 heavy (non-hydrogen) atoms. The zero-order chi connectivity index (χ0) is 13.8. The molecule has 0 heterocycles. The number of rotatable bonds is 4. The molecule has 0 spiro atoms. The van der Waals surface area contributed by atoms with Crippen LogP contribution >= 0.6 is 0 Å². The minimum absolute atomic E-state index is 0.0822. The van der Waals surface area contributed by atoms with E-state index in [1.54, 1.807) is 0 Å². The summed E-state index contributed by atoms with van der Waals surface area (Å²) in [5, 5.41) is 0. The maximum absolute atomic E-state index is 5.96. The summed E-state index contributed by atoms with van der Waals surface area (Å²) in [6.07, 6.45) is 1.13. The molecule has 0 aliphatic carbocycles. The number of nitrogens with two attached hydrogens (primary N) is 1. The normalized spacial score (nSPS) is 12.7. The van der Waals surface area contributed by atoms with Crippen LogP contribution in [0.25, 0.3) is 11.1 Å². The van der Waals surface area contributed by atoms with Gasteiger partial charge < -0.3 is 5.73 Å². The molecule has 0 aromatic heterocycles. The summed E-state index contributed by atoms with van der Waals surface area (Å²) in [7, 11) is 0. The molecule has 0 amide bonds. The van der Waals surface area contributed by atoms with E-state index in [4.69, 9.17) is 5.73 Å². The van der Waals surface area contributed by atoms with Gasteiger partial charge in [-0.05, 0) is 47.6 Å². The van der Waals surface area contributed by atoms with Crippen molar-refractivity contribution in [3.63, 3.8) is 0 Å². The van der Waals surface area contributed by atoms with Gasteiger partial charge >= 0.3 is 0 Å². The summed E-state index contributed by atoms with van der Waals surface area (Å²) in [4.78, 5) is 0. The lowest BCUT2D eigenvalue weighted by molar-refractivity contribution is 0.647. The van der Waals surface area contributed by atoms with E-state index in [2.05, 4.69) is 62.4 Å². The van der Waals surface area contributed by atoms with Crippen molar-refractivity contribution < 1.29 is 0 Å². The molecular formula is C18H23N. The molecule has 0 aliphatic heterocycles. The van der Waals surface area contributed by atoms with Gasteiger partial charge in [0.2, 0.25) is 0 Å². The Morgan fingerprint density at radius 1 is 0.895 bits per heavy atom. The minimum atomic E-state index is 0.0822. The second-order valence-electron chi connectivity index (χ2n) is 5.71. The molecule has 0 bridgehead atoms. The third-order valence-electron chi connectivity index (χ3n) is 3.32. The first-order valence-corrected chi connectivity index (χ1v) is 7.01. The van der Waals surface area contributed by atoms with Crippen molar-refractivity contribution in [2.75, 3.05) is 0 Å². The van der Waals surface area contributed by atoms with Gasteiger partial charge in [-0.3, -0.25) is 0 Å². The van der Waals surface area contributed by atoms with E-state index < -0.39 is 0 Å². The fourth-order valence-electron chi connectivity index (χ4n) is 2.35. The Balaban J connectivity index is 2.33. The molecule has 2 aromatic carbocycles. The van der Waals surface area contributed by atoms with E-state index in [-0.39, 0.29) is 6.04 Å². The predicted molar refractivity (Wildman–Crippen MR) is 83.0 cm³/mol. The van der Waals surface area contributed by atoms with Crippen LogP contribution in [0, 0.1) is 5.92 Å². The van der Waals surface area contributed by atoms with Crippen molar-refractivity contribution in [3.05, 3.63) is 59.7 Å². The summed E-state index contributed by atoms with van der Waals surface area (Å²) >= 11 is 0. The van der Waals surface area contributed by atoms with Gasteiger partial charge in [0.1, 0.15) is 0 Å². The highest BCUT2D eigenvalue weighted by Gasteiger charge is 2.04. The Hall–Kier alpha value is -1.60. The standard InChI is InChI=1S/C18H23N/c1-13(2)10-15-6-4-8-17(11-15)18-9-5-7-16(12-18)14(3)19/h4-9,11-14H,10,19H2,1-3H3. The molecule has 2 N–H and O–H groups in total. The van der Waals surface area contributed by atoms with Gasteiger partial charge in [0.15, 0.2) is 0 Å². The zero-order valence-electron chi connectivity index (χ0n) is 12.1. The lowest BCUT2D eigenvalue weighted by Gasteiger charge is -2.10. The minimum Gasteiger partial charge on any atom is -0.324 e. The molecule has 0 fully saturated rings. The Morgan fingerprint density at radius 3 is 2.16 bits per heavy atom. The molecular weight excluding hydrogens is 230 g/mol. The number of hydrogen-bond acceptors (Lipinski definition) is 1. The van der Waals surface area contributed by atoms with Crippen LogP contribution < -0.4 is 5.73 Å². The van der Waals surface area contributed by atoms with Crippen molar-refractivity contribution in [1.82, 2.24) is 0 Å². The van der Waals surface area contributed by atoms with Crippen LogP contribution in [-0.4, -0.2) is 0 Å². The van der Waals surface area contributed by atoms with Crippen LogP contribution in [0.1, 0.15) is 37.9 Å². The molecule has 0 saturated heterocycles. The lowest BCUT2D eigenvalue weighted by Crippen LogP contribution is -2.04. The van der Waals surface area contributed by atoms with Gasteiger partial charge in [-0.25, -0.2) is 0 Å². The Bertz CT molecular complexity index is 541. The molecule has 0 aliphatic rings. The fourth-order valence-corrected chi connectivity index (χ4v) is 2.35. The SMILES string of the molecule is CC(C)Cc1cccc(-c2cccc(C(C)N)c2)c1. The van der Waals surface area contributed by atoms with Crippen LogP contribution in [0.4, 0.5) is 0 Å². The van der Waals surface area contributed by atoms with E-state index in [0.29, 0.717) is 5.92 Å². The maximum Gasteiger partial charge on any atom is 0.0266 e. The van der Waals surface area contributed by atoms with Crippen molar-refractivity contribution in [1.29, 1.82) is 0 Å². The summed E-state index contributed by atoms with van der Waals surface area (Å²) < 4.78 is 0. The van der Waals surface area contributed by atoms with Crippen molar-refractivity contribution >= 4 is 0 Å². The molecule has 0 radical (unpaired) electrons. The largest absolute Gasteiger partial charge is 0.324 e. The second-order valence-corrected chi connectivity index (χ2v) is 5.71. The molecule has 1 atom stereocenters. The highest BCUT2D eigenvalue weighted by atomic mass is 14.6. The summed E-state index contributed by atoms with van der Waals surface area (Å²) in [6.45, 7) is 6.53. The molecule has 2 aromatic rings. The van der Waals surface area contributed by atoms with E-state index in [1.165, 1.54) is 22.3 Å². The van der Waals surface area contributed by atoms with Gasteiger partial charge in [0.25, 0.3) is 0 Å². The van der Waals surface area contributed by atoms with Crippen LogP contribution in [-0.2, 0) is 6.42 Å². The Labute approximate surface area is 116 Å². The first kappa shape index (κ1) is 13.8. The van der Waals surface area contributed by atoms with E-state index in [9.17, 15) is 0 Å². The topological polar surface area (TPSA) is 26.0 Å². The van der Waals surface area contributed by atoms with Gasteiger partial charge in [-0.2, -0.15) is 0 Å². The van der Waals surface area contributed by atoms with Crippen molar-refractivity contribution in [3.8, 4) is 11.1 Å². The Morgan fingerprint density at radius 2 is 1.53 bits per heavy atom. The highest BCUT2D eigenvalue weighted by molar-refractivity contribution is 5.65. The van der Waals surface area contributed by atoms with Gasteiger partial charge in [-0.15, -0.1) is 0 Å². The van der Waals surface area contributed by atoms with Crippen LogP contribution in [0.2, 0.25) is 0 Å². The molecule has 2 rings (SSSR count). The van der Waals surface area contributed by atoms with Gasteiger partial charge in [0.05, 0.1) is 0 Å². The third-order valence-corrected chi connectivity index (χ3v) is 3.32. The van der Waals surface area contributed by atoms with E-state index >= 15 is 0 Å². The van der Waals surface area contributed by atoms with Gasteiger partial charge in [-0.1, -0.05) is 56.3 Å². The van der Waals surface area contributed by atoms with Crippen LogP contribution in [0.5, 0.6) is 0 Å². The summed E-state index contributed by atoms with van der Waals surface area (Å²) in [6, 6.07) is 17.4. The molecule has 1 heteroatoms. The monoisotopic (exact) mass is 253 g/mol. The van der Waals surface area contributed by atoms with Gasteiger partial charge in [0, 0.05) is 6.04 Å². The number of hydrogen-bond donors (Lipinski definition) is 1. The average molecular weight is 253 g/mol. The van der Waals surface area contributed by atoms with Crippen LogP contribution in [0.3, 0.4) is 0 Å². The van der Waals surface area contributed by atoms with Crippen molar-refractivity contribution in [2.45, 2.75) is 33.2 Å². The lowest BCUT2D eigenvalue weighted by atomic mass is 9.96. The predicted octanol–water partition coefficient (Wildman–Crippen LogP) is 4.57. The maximum atomic E-state index is 5.96. The van der Waals surface area contributed by atoms with E-state index in [0.717, 1.165) is 6.42 Å². The first-order valence-electron chi connectivity index (χ1n) is 7.01.